The van der Waals surface area contributed by atoms with E-state index in [-0.39, 0.29) is 0 Å². The molecule has 0 aliphatic carbocycles. The van der Waals surface area contributed by atoms with Crippen molar-refractivity contribution in [3.8, 4) is 6.07 Å². The second-order valence-electron chi connectivity index (χ2n) is 4.81. The topological polar surface area (TPSA) is 39.9 Å². The van der Waals surface area contributed by atoms with E-state index >= 15 is 0 Å². The van der Waals surface area contributed by atoms with Crippen molar-refractivity contribution in [3.05, 3.63) is 65.9 Å². The molecule has 0 amide bonds. The van der Waals surface area contributed by atoms with Crippen LogP contribution in [0.4, 0.5) is 5.82 Å². The number of hydrogen-bond donors (Lipinski definition) is 0. The van der Waals surface area contributed by atoms with Gasteiger partial charge in [0, 0.05) is 19.3 Å². The number of nitriles is 1. The average Bonchev–Trinajstić information content (AvgIpc) is 2.56. The Balaban J connectivity index is 1.74. The van der Waals surface area contributed by atoms with Crippen LogP contribution >= 0.6 is 0 Å². The molecule has 20 heavy (non-hydrogen) atoms. The second kappa shape index (κ2) is 5.58. The fraction of sp³-hybridized carbons (Fsp3) is 0.176. The van der Waals surface area contributed by atoms with Crippen molar-refractivity contribution >= 4 is 11.4 Å². The summed E-state index contributed by atoms with van der Waals surface area (Å²) < 4.78 is 0. The fourth-order valence-corrected chi connectivity index (χ4v) is 2.43. The maximum absolute atomic E-state index is 8.79. The molecule has 0 atom stereocenters. The van der Waals surface area contributed by atoms with Crippen LogP contribution in [0.15, 0.2) is 54.7 Å². The average molecular weight is 261 g/mol. The Kier molecular flexibility index (Phi) is 3.47. The molecule has 0 spiro atoms. The van der Waals surface area contributed by atoms with Crippen molar-refractivity contribution in [1.29, 1.82) is 5.26 Å². The molecule has 0 saturated heterocycles. The summed E-state index contributed by atoms with van der Waals surface area (Å²) in [6.07, 6.45) is 4.91. The van der Waals surface area contributed by atoms with Crippen LogP contribution in [-0.4, -0.2) is 18.1 Å². The zero-order chi connectivity index (χ0) is 13.8. The SMILES string of the molecule is N#Cc1ccc(N2CC=C(c3ccccc3)CC2)nc1. The lowest BCUT2D eigenvalue weighted by atomic mass is 9.99. The summed E-state index contributed by atoms with van der Waals surface area (Å²) >= 11 is 0. The fourth-order valence-electron chi connectivity index (χ4n) is 2.43. The molecular weight excluding hydrogens is 246 g/mol. The highest BCUT2D eigenvalue weighted by Gasteiger charge is 2.14. The van der Waals surface area contributed by atoms with Crippen molar-refractivity contribution in [2.75, 3.05) is 18.0 Å². The summed E-state index contributed by atoms with van der Waals surface area (Å²) in [7, 11) is 0. The normalized spacial score (nSPS) is 14.6. The summed E-state index contributed by atoms with van der Waals surface area (Å²) in [6.45, 7) is 1.82. The minimum absolute atomic E-state index is 0.603. The van der Waals surface area contributed by atoms with Gasteiger partial charge in [0.25, 0.3) is 0 Å². The van der Waals surface area contributed by atoms with Crippen molar-refractivity contribution < 1.29 is 0 Å². The minimum atomic E-state index is 0.603. The van der Waals surface area contributed by atoms with Crippen molar-refractivity contribution in [2.24, 2.45) is 0 Å². The molecule has 1 aliphatic heterocycles. The minimum Gasteiger partial charge on any atom is -0.353 e. The van der Waals surface area contributed by atoms with Gasteiger partial charge in [-0.05, 0) is 29.7 Å². The predicted octanol–water partition coefficient (Wildman–Crippen LogP) is 3.25. The lowest BCUT2D eigenvalue weighted by Crippen LogP contribution is -2.28. The molecule has 2 heterocycles. The van der Waals surface area contributed by atoms with Crippen LogP contribution in [0.5, 0.6) is 0 Å². The Morgan fingerprint density at radius 3 is 2.55 bits per heavy atom. The monoisotopic (exact) mass is 261 g/mol. The summed E-state index contributed by atoms with van der Waals surface area (Å²) in [4.78, 5) is 6.57. The van der Waals surface area contributed by atoms with Gasteiger partial charge in [0.15, 0.2) is 0 Å². The Bertz CT molecular complexity index is 651. The molecule has 0 unspecified atom stereocenters. The molecule has 0 N–H and O–H groups in total. The van der Waals surface area contributed by atoms with Crippen LogP contribution < -0.4 is 4.90 Å². The summed E-state index contributed by atoms with van der Waals surface area (Å²) in [5.74, 6) is 0.937. The molecule has 3 heteroatoms. The summed E-state index contributed by atoms with van der Waals surface area (Å²) in [5.41, 5.74) is 3.31. The van der Waals surface area contributed by atoms with Crippen LogP contribution in [0.3, 0.4) is 0 Å². The highest BCUT2D eigenvalue weighted by molar-refractivity contribution is 5.68. The number of rotatable bonds is 2. The van der Waals surface area contributed by atoms with Crippen LogP contribution in [0.25, 0.3) is 5.57 Å². The molecule has 0 bridgehead atoms. The molecule has 98 valence electrons. The lowest BCUT2D eigenvalue weighted by Gasteiger charge is -2.27. The first-order valence-corrected chi connectivity index (χ1v) is 6.72. The number of anilines is 1. The Labute approximate surface area is 118 Å². The maximum Gasteiger partial charge on any atom is 0.128 e. The van der Waals surface area contributed by atoms with Gasteiger partial charge < -0.3 is 4.90 Å². The maximum atomic E-state index is 8.79. The molecule has 3 nitrogen and oxygen atoms in total. The summed E-state index contributed by atoms with van der Waals surface area (Å²) in [6, 6.07) is 16.3. The van der Waals surface area contributed by atoms with Crippen LogP contribution in [0.2, 0.25) is 0 Å². The van der Waals surface area contributed by atoms with Gasteiger partial charge in [-0.1, -0.05) is 36.4 Å². The largest absolute Gasteiger partial charge is 0.353 e. The summed E-state index contributed by atoms with van der Waals surface area (Å²) in [5, 5.41) is 8.79. The Morgan fingerprint density at radius 2 is 1.95 bits per heavy atom. The first-order chi connectivity index (χ1) is 9.86. The quantitative estimate of drug-likeness (QED) is 0.833. The standard InChI is InChI=1S/C17H15N3/c18-12-14-6-7-17(19-13-14)20-10-8-16(9-11-20)15-4-2-1-3-5-15/h1-8,13H,9-11H2. The molecule has 1 aromatic heterocycles. The third-order valence-corrected chi connectivity index (χ3v) is 3.55. The van der Waals surface area contributed by atoms with E-state index in [1.54, 1.807) is 6.20 Å². The third-order valence-electron chi connectivity index (χ3n) is 3.55. The molecule has 0 saturated carbocycles. The van der Waals surface area contributed by atoms with E-state index in [0.29, 0.717) is 5.56 Å². The first kappa shape index (κ1) is 12.4. The van der Waals surface area contributed by atoms with Gasteiger partial charge in [-0.3, -0.25) is 0 Å². The van der Waals surface area contributed by atoms with E-state index in [9.17, 15) is 0 Å². The van der Waals surface area contributed by atoms with Gasteiger partial charge >= 0.3 is 0 Å². The Hall–Kier alpha value is -2.60. The second-order valence-corrected chi connectivity index (χ2v) is 4.81. The number of benzene rings is 1. The first-order valence-electron chi connectivity index (χ1n) is 6.72. The van der Waals surface area contributed by atoms with Crippen molar-refractivity contribution in [3.63, 3.8) is 0 Å². The van der Waals surface area contributed by atoms with Crippen LogP contribution in [0, 0.1) is 11.3 Å². The molecule has 1 aliphatic rings. The third kappa shape index (κ3) is 2.55. The molecular formula is C17H15N3. The van der Waals surface area contributed by atoms with E-state index in [1.165, 1.54) is 11.1 Å². The van der Waals surface area contributed by atoms with Crippen molar-refractivity contribution in [1.82, 2.24) is 4.98 Å². The molecule has 0 fully saturated rings. The number of pyridine rings is 1. The highest BCUT2D eigenvalue weighted by Crippen LogP contribution is 2.24. The Morgan fingerprint density at radius 1 is 1.10 bits per heavy atom. The van der Waals surface area contributed by atoms with Crippen molar-refractivity contribution in [2.45, 2.75) is 6.42 Å². The zero-order valence-corrected chi connectivity index (χ0v) is 11.2. The molecule has 0 radical (unpaired) electrons. The van der Waals surface area contributed by atoms with Gasteiger partial charge in [-0.15, -0.1) is 0 Å². The lowest BCUT2D eigenvalue weighted by molar-refractivity contribution is 0.816. The number of aromatic nitrogens is 1. The van der Waals surface area contributed by atoms with E-state index in [4.69, 9.17) is 5.26 Å². The van der Waals surface area contributed by atoms with Crippen LogP contribution in [0.1, 0.15) is 17.5 Å². The molecule has 1 aromatic carbocycles. The van der Waals surface area contributed by atoms with E-state index < -0.39 is 0 Å². The zero-order valence-electron chi connectivity index (χ0n) is 11.2. The highest BCUT2D eigenvalue weighted by atomic mass is 15.2. The van der Waals surface area contributed by atoms with E-state index in [2.05, 4.69) is 46.3 Å². The van der Waals surface area contributed by atoms with E-state index in [1.807, 2.05) is 18.2 Å². The molecule has 2 aromatic rings. The van der Waals surface area contributed by atoms with Gasteiger partial charge in [0.1, 0.15) is 11.9 Å². The smallest absolute Gasteiger partial charge is 0.128 e. The van der Waals surface area contributed by atoms with Crippen LogP contribution in [-0.2, 0) is 0 Å². The number of nitrogens with zero attached hydrogens (tertiary/aromatic N) is 3. The van der Waals surface area contributed by atoms with Gasteiger partial charge in [0.05, 0.1) is 5.56 Å². The van der Waals surface area contributed by atoms with Gasteiger partial charge in [-0.2, -0.15) is 5.26 Å². The number of hydrogen-bond acceptors (Lipinski definition) is 3. The predicted molar refractivity (Wildman–Crippen MR) is 80.2 cm³/mol. The van der Waals surface area contributed by atoms with Gasteiger partial charge in [-0.25, -0.2) is 4.98 Å². The van der Waals surface area contributed by atoms with Gasteiger partial charge in [0.2, 0.25) is 0 Å². The molecule has 3 rings (SSSR count). The van der Waals surface area contributed by atoms with E-state index in [0.717, 1.165) is 25.3 Å².